The van der Waals surface area contributed by atoms with Crippen molar-refractivity contribution in [3.8, 4) is 22.8 Å². The van der Waals surface area contributed by atoms with Gasteiger partial charge in [0.2, 0.25) is 5.91 Å². The molecule has 1 saturated heterocycles. The van der Waals surface area contributed by atoms with Crippen LogP contribution in [-0.4, -0.2) is 43.6 Å². The van der Waals surface area contributed by atoms with E-state index in [4.69, 9.17) is 10.5 Å². The van der Waals surface area contributed by atoms with Crippen LogP contribution in [0.2, 0.25) is 0 Å². The third kappa shape index (κ3) is 4.30. The number of benzene rings is 2. The largest absolute Gasteiger partial charge is 0.457 e. The normalized spacial score (nSPS) is 15.8. The summed E-state index contributed by atoms with van der Waals surface area (Å²) in [6, 6.07) is 9.72. The smallest absolute Gasteiger partial charge is 0.246 e. The van der Waals surface area contributed by atoms with Gasteiger partial charge in [-0.05, 0) is 43.2 Å². The summed E-state index contributed by atoms with van der Waals surface area (Å²) in [4.78, 5) is 22.3. The van der Waals surface area contributed by atoms with Crippen LogP contribution in [0.4, 0.5) is 14.6 Å². The quantitative estimate of drug-likeness (QED) is 0.426. The van der Waals surface area contributed by atoms with E-state index in [1.54, 1.807) is 21.7 Å². The number of nitrogen functional groups attached to an aromatic ring is 1. The van der Waals surface area contributed by atoms with E-state index < -0.39 is 11.6 Å². The fourth-order valence-corrected chi connectivity index (χ4v) is 4.34. The van der Waals surface area contributed by atoms with Gasteiger partial charge in [-0.2, -0.15) is 5.10 Å². The SMILES string of the molecule is C=CC(=O)N1CCCC(n2nc(-c3ccc(Oc4cccc(F)c4)cc3F)c3c(N)ncnc32)C1. The molecule has 0 bridgehead atoms. The van der Waals surface area contributed by atoms with Crippen molar-refractivity contribution < 1.29 is 18.3 Å². The van der Waals surface area contributed by atoms with Gasteiger partial charge in [0.1, 0.15) is 41.0 Å². The van der Waals surface area contributed by atoms with Gasteiger partial charge in [-0.1, -0.05) is 12.6 Å². The Kier molecular flexibility index (Phi) is 5.86. The molecular weight excluding hydrogens is 454 g/mol. The van der Waals surface area contributed by atoms with Crippen LogP contribution in [0.5, 0.6) is 11.5 Å². The number of rotatable bonds is 5. The van der Waals surface area contributed by atoms with Crippen molar-refractivity contribution in [1.29, 1.82) is 0 Å². The first kappa shape index (κ1) is 22.5. The number of nitrogens with two attached hydrogens (primary N) is 1. The first-order valence-corrected chi connectivity index (χ1v) is 11.1. The second-order valence-electron chi connectivity index (χ2n) is 8.24. The second-order valence-corrected chi connectivity index (χ2v) is 8.24. The number of hydrogen-bond acceptors (Lipinski definition) is 6. The summed E-state index contributed by atoms with van der Waals surface area (Å²) in [7, 11) is 0. The predicted octanol–water partition coefficient (Wildman–Crippen LogP) is 4.50. The van der Waals surface area contributed by atoms with Crippen molar-refractivity contribution in [2.75, 3.05) is 18.8 Å². The van der Waals surface area contributed by atoms with E-state index in [0.717, 1.165) is 12.8 Å². The Morgan fingerprint density at radius 2 is 2.00 bits per heavy atom. The summed E-state index contributed by atoms with van der Waals surface area (Å²) >= 11 is 0. The highest BCUT2D eigenvalue weighted by Gasteiger charge is 2.28. The zero-order valence-corrected chi connectivity index (χ0v) is 18.7. The van der Waals surface area contributed by atoms with Gasteiger partial charge in [0.15, 0.2) is 5.65 Å². The summed E-state index contributed by atoms with van der Waals surface area (Å²) in [6.07, 6.45) is 4.17. The molecule has 0 spiro atoms. The maximum Gasteiger partial charge on any atom is 0.246 e. The Morgan fingerprint density at radius 1 is 1.17 bits per heavy atom. The number of carbonyl (C=O) groups is 1. The van der Waals surface area contributed by atoms with Gasteiger partial charge in [0, 0.05) is 30.8 Å². The lowest BCUT2D eigenvalue weighted by molar-refractivity contribution is -0.127. The van der Waals surface area contributed by atoms with Gasteiger partial charge in [-0.25, -0.2) is 23.4 Å². The first-order chi connectivity index (χ1) is 16.9. The lowest BCUT2D eigenvalue weighted by atomic mass is 10.1. The van der Waals surface area contributed by atoms with E-state index in [9.17, 15) is 9.18 Å². The average molecular weight is 476 g/mol. The number of fused-ring (bicyclic) bond motifs is 1. The van der Waals surface area contributed by atoms with Crippen LogP contribution in [0.25, 0.3) is 22.3 Å². The highest BCUT2D eigenvalue weighted by Crippen LogP contribution is 2.36. The van der Waals surface area contributed by atoms with Gasteiger partial charge in [0.25, 0.3) is 0 Å². The molecule has 1 aliphatic rings. The second kappa shape index (κ2) is 9.13. The molecule has 1 unspecified atom stereocenters. The molecule has 0 radical (unpaired) electrons. The van der Waals surface area contributed by atoms with Crippen LogP contribution >= 0.6 is 0 Å². The molecule has 3 heterocycles. The van der Waals surface area contributed by atoms with Crippen LogP contribution in [0.3, 0.4) is 0 Å². The zero-order chi connectivity index (χ0) is 24.5. The third-order valence-electron chi connectivity index (χ3n) is 5.97. The number of halogens is 2. The van der Waals surface area contributed by atoms with E-state index in [0.29, 0.717) is 29.8 Å². The van der Waals surface area contributed by atoms with Crippen molar-refractivity contribution in [2.45, 2.75) is 18.9 Å². The molecule has 2 aromatic carbocycles. The van der Waals surface area contributed by atoms with Crippen LogP contribution in [0.15, 0.2) is 61.4 Å². The molecule has 1 atom stereocenters. The average Bonchev–Trinajstić information content (AvgIpc) is 3.24. The number of piperidine rings is 1. The van der Waals surface area contributed by atoms with Gasteiger partial charge >= 0.3 is 0 Å². The topological polar surface area (TPSA) is 99.2 Å². The fraction of sp³-hybridized carbons (Fsp3) is 0.200. The van der Waals surface area contributed by atoms with E-state index in [1.807, 2.05) is 0 Å². The molecule has 4 aromatic rings. The van der Waals surface area contributed by atoms with E-state index >= 15 is 4.39 Å². The van der Waals surface area contributed by atoms with Crippen molar-refractivity contribution in [1.82, 2.24) is 24.6 Å². The number of aromatic nitrogens is 4. The van der Waals surface area contributed by atoms with Gasteiger partial charge < -0.3 is 15.4 Å². The van der Waals surface area contributed by atoms with Crippen molar-refractivity contribution in [3.05, 3.63) is 73.1 Å². The van der Waals surface area contributed by atoms with E-state index in [1.165, 1.54) is 42.7 Å². The molecule has 10 heteroatoms. The predicted molar refractivity (Wildman–Crippen MR) is 127 cm³/mol. The van der Waals surface area contributed by atoms with Gasteiger partial charge in [-0.15, -0.1) is 0 Å². The molecule has 1 amide bonds. The number of nitrogens with zero attached hydrogens (tertiary/aromatic N) is 5. The maximum atomic E-state index is 15.3. The maximum absolute atomic E-state index is 15.3. The molecule has 178 valence electrons. The van der Waals surface area contributed by atoms with Gasteiger partial charge in [-0.3, -0.25) is 4.79 Å². The number of likely N-dealkylation sites (tertiary alicyclic amines) is 1. The number of ether oxygens (including phenoxy) is 1. The highest BCUT2D eigenvalue weighted by atomic mass is 19.1. The fourth-order valence-electron chi connectivity index (χ4n) is 4.34. The lowest BCUT2D eigenvalue weighted by Crippen LogP contribution is -2.40. The van der Waals surface area contributed by atoms with E-state index in [2.05, 4.69) is 21.6 Å². The lowest BCUT2D eigenvalue weighted by Gasteiger charge is -2.32. The molecular formula is C25H22F2N6O2. The molecule has 8 nitrogen and oxygen atoms in total. The minimum atomic E-state index is -0.596. The summed E-state index contributed by atoms with van der Waals surface area (Å²) in [5.74, 6) is -0.578. The highest BCUT2D eigenvalue weighted by molar-refractivity contribution is 5.98. The van der Waals surface area contributed by atoms with Gasteiger partial charge in [0.05, 0.1) is 11.4 Å². The summed E-state index contributed by atoms with van der Waals surface area (Å²) < 4.78 is 36.0. The summed E-state index contributed by atoms with van der Waals surface area (Å²) in [5.41, 5.74) is 7.11. The Bertz CT molecular complexity index is 1440. The molecule has 1 fully saturated rings. The van der Waals surface area contributed by atoms with Crippen molar-refractivity contribution >= 4 is 22.8 Å². The molecule has 2 N–H and O–H groups in total. The Labute approximate surface area is 199 Å². The number of anilines is 1. The van der Waals surface area contributed by atoms with Crippen LogP contribution in [0.1, 0.15) is 18.9 Å². The molecule has 35 heavy (non-hydrogen) atoms. The zero-order valence-electron chi connectivity index (χ0n) is 18.7. The Balaban J connectivity index is 1.53. The van der Waals surface area contributed by atoms with Crippen molar-refractivity contribution in [2.24, 2.45) is 0 Å². The minimum absolute atomic E-state index is 0.152. The molecule has 0 saturated carbocycles. The first-order valence-electron chi connectivity index (χ1n) is 11.1. The van der Waals surface area contributed by atoms with Crippen LogP contribution < -0.4 is 10.5 Å². The minimum Gasteiger partial charge on any atom is -0.457 e. The Hall–Kier alpha value is -4.34. The number of carbonyl (C=O) groups excluding carboxylic acids is 1. The molecule has 1 aliphatic heterocycles. The molecule has 0 aliphatic carbocycles. The number of hydrogen-bond donors (Lipinski definition) is 1. The van der Waals surface area contributed by atoms with Crippen LogP contribution in [-0.2, 0) is 4.79 Å². The molecule has 5 rings (SSSR count). The Morgan fingerprint density at radius 3 is 2.77 bits per heavy atom. The summed E-state index contributed by atoms with van der Waals surface area (Å²) in [5, 5.41) is 5.12. The third-order valence-corrected chi connectivity index (χ3v) is 5.97. The van der Waals surface area contributed by atoms with E-state index in [-0.39, 0.29) is 34.8 Å². The monoisotopic (exact) mass is 476 g/mol. The summed E-state index contributed by atoms with van der Waals surface area (Å²) in [6.45, 7) is 4.62. The number of amides is 1. The van der Waals surface area contributed by atoms with Crippen molar-refractivity contribution in [3.63, 3.8) is 0 Å². The molecule has 2 aromatic heterocycles. The van der Waals surface area contributed by atoms with Crippen LogP contribution in [0, 0.1) is 11.6 Å². The standard InChI is InChI=1S/C25H22F2N6O2/c1-2-21(34)32-10-4-6-16(13-32)33-25-22(24(28)29-14-30-25)23(31-33)19-9-8-18(12-20(19)27)35-17-7-3-5-15(26)11-17/h2-3,5,7-9,11-12,14,16H,1,4,6,10,13H2,(H2,28,29,30).